The van der Waals surface area contributed by atoms with Crippen LogP contribution in [0.1, 0.15) is 78.6 Å². The van der Waals surface area contributed by atoms with Crippen molar-refractivity contribution in [1.29, 1.82) is 0 Å². The van der Waals surface area contributed by atoms with E-state index in [1.165, 1.54) is 57.8 Å². The Morgan fingerprint density at radius 3 is 2.30 bits per heavy atom. The standard InChI is InChI=1S/C19H36N2O2/c1-19(2,3)23-18(22)21-14-16-11-7-8-12-17(16)20-13-15-9-5-4-6-10-15/h15-17,20H,4-14H2,1-3H3,(H,21,22). The zero-order valence-corrected chi connectivity index (χ0v) is 15.3. The monoisotopic (exact) mass is 324 g/mol. The molecule has 4 heteroatoms. The second-order valence-corrected chi connectivity index (χ2v) is 8.45. The number of rotatable bonds is 5. The zero-order valence-electron chi connectivity index (χ0n) is 15.3. The molecule has 2 N–H and O–H groups in total. The third-order valence-electron chi connectivity index (χ3n) is 5.21. The SMILES string of the molecule is CC(C)(C)OC(=O)NCC1CCCCC1NCC1CCCCC1. The minimum absolute atomic E-state index is 0.283. The molecule has 2 rings (SSSR count). The lowest BCUT2D eigenvalue weighted by atomic mass is 9.83. The molecular weight excluding hydrogens is 288 g/mol. The van der Waals surface area contributed by atoms with Crippen LogP contribution in [0.15, 0.2) is 0 Å². The summed E-state index contributed by atoms with van der Waals surface area (Å²) in [6, 6.07) is 0.556. The van der Waals surface area contributed by atoms with Gasteiger partial charge in [0.2, 0.25) is 0 Å². The number of amides is 1. The number of alkyl carbamates (subject to hydrolysis) is 1. The van der Waals surface area contributed by atoms with Crippen molar-refractivity contribution in [3.8, 4) is 0 Å². The highest BCUT2D eigenvalue weighted by Crippen LogP contribution is 2.26. The van der Waals surface area contributed by atoms with Gasteiger partial charge in [0, 0.05) is 12.6 Å². The normalized spacial score (nSPS) is 26.7. The molecule has 23 heavy (non-hydrogen) atoms. The third-order valence-corrected chi connectivity index (χ3v) is 5.21. The van der Waals surface area contributed by atoms with Crippen molar-refractivity contribution in [1.82, 2.24) is 10.6 Å². The Kier molecular flexibility index (Phi) is 7.19. The Hall–Kier alpha value is -0.770. The largest absolute Gasteiger partial charge is 0.444 e. The first-order valence-corrected chi connectivity index (χ1v) is 9.64. The molecule has 0 spiro atoms. The second kappa shape index (κ2) is 8.91. The van der Waals surface area contributed by atoms with Crippen LogP contribution in [0.25, 0.3) is 0 Å². The number of hydrogen-bond donors (Lipinski definition) is 2. The molecule has 4 nitrogen and oxygen atoms in total. The van der Waals surface area contributed by atoms with Crippen LogP contribution in [-0.4, -0.2) is 30.8 Å². The smallest absolute Gasteiger partial charge is 0.407 e. The predicted octanol–water partition coefficient (Wildman–Crippen LogP) is 4.24. The Labute approximate surface area is 142 Å². The number of carbonyl (C=O) groups is 1. The molecule has 2 atom stereocenters. The van der Waals surface area contributed by atoms with E-state index in [9.17, 15) is 4.79 Å². The fourth-order valence-electron chi connectivity index (χ4n) is 3.96. The maximum atomic E-state index is 11.9. The highest BCUT2D eigenvalue weighted by atomic mass is 16.6. The van der Waals surface area contributed by atoms with E-state index in [-0.39, 0.29) is 6.09 Å². The van der Waals surface area contributed by atoms with Gasteiger partial charge in [0.25, 0.3) is 0 Å². The van der Waals surface area contributed by atoms with Crippen LogP contribution in [0.2, 0.25) is 0 Å². The van der Waals surface area contributed by atoms with Gasteiger partial charge in [-0.15, -0.1) is 0 Å². The van der Waals surface area contributed by atoms with Crippen LogP contribution >= 0.6 is 0 Å². The van der Waals surface area contributed by atoms with Crippen LogP contribution in [0.4, 0.5) is 4.79 Å². The Balaban J connectivity index is 1.73. The van der Waals surface area contributed by atoms with Gasteiger partial charge in [0.1, 0.15) is 5.60 Å². The van der Waals surface area contributed by atoms with Gasteiger partial charge in [-0.3, -0.25) is 0 Å². The van der Waals surface area contributed by atoms with E-state index in [0.717, 1.165) is 19.0 Å². The van der Waals surface area contributed by atoms with Crippen LogP contribution in [0.5, 0.6) is 0 Å². The van der Waals surface area contributed by atoms with Crippen molar-refractivity contribution in [2.45, 2.75) is 90.2 Å². The van der Waals surface area contributed by atoms with Crippen LogP contribution in [0, 0.1) is 11.8 Å². The van der Waals surface area contributed by atoms with Gasteiger partial charge < -0.3 is 15.4 Å². The lowest BCUT2D eigenvalue weighted by Gasteiger charge is -2.34. The Morgan fingerprint density at radius 1 is 0.957 bits per heavy atom. The van der Waals surface area contributed by atoms with Gasteiger partial charge >= 0.3 is 6.09 Å². The van der Waals surface area contributed by atoms with Gasteiger partial charge in [-0.2, -0.15) is 0 Å². The lowest BCUT2D eigenvalue weighted by molar-refractivity contribution is 0.0510. The van der Waals surface area contributed by atoms with Gasteiger partial charge in [0.15, 0.2) is 0 Å². The van der Waals surface area contributed by atoms with E-state index in [4.69, 9.17) is 4.74 Å². The Morgan fingerprint density at radius 2 is 1.61 bits per heavy atom. The summed E-state index contributed by atoms with van der Waals surface area (Å²) >= 11 is 0. The molecule has 0 heterocycles. The summed E-state index contributed by atoms with van der Waals surface area (Å²) in [4.78, 5) is 11.9. The molecule has 2 saturated carbocycles. The molecule has 0 bridgehead atoms. The highest BCUT2D eigenvalue weighted by Gasteiger charge is 2.27. The maximum Gasteiger partial charge on any atom is 0.407 e. The molecule has 0 radical (unpaired) electrons. The molecule has 2 fully saturated rings. The average molecular weight is 325 g/mol. The minimum Gasteiger partial charge on any atom is -0.444 e. The highest BCUT2D eigenvalue weighted by molar-refractivity contribution is 5.67. The molecule has 0 aromatic rings. The zero-order chi connectivity index (χ0) is 16.7. The van der Waals surface area contributed by atoms with E-state index in [1.807, 2.05) is 20.8 Å². The molecule has 0 aromatic heterocycles. The van der Waals surface area contributed by atoms with Crippen molar-refractivity contribution in [3.05, 3.63) is 0 Å². The van der Waals surface area contributed by atoms with Crippen LogP contribution in [0.3, 0.4) is 0 Å². The van der Waals surface area contributed by atoms with E-state index in [2.05, 4.69) is 10.6 Å². The first-order chi connectivity index (χ1) is 10.9. The van der Waals surface area contributed by atoms with E-state index in [0.29, 0.717) is 12.0 Å². The summed E-state index contributed by atoms with van der Waals surface area (Å²) in [7, 11) is 0. The minimum atomic E-state index is -0.421. The first-order valence-electron chi connectivity index (χ1n) is 9.64. The summed E-state index contributed by atoms with van der Waals surface area (Å²) in [5, 5.41) is 6.80. The van der Waals surface area contributed by atoms with Crippen molar-refractivity contribution in [2.24, 2.45) is 11.8 Å². The topological polar surface area (TPSA) is 50.4 Å². The van der Waals surface area contributed by atoms with Crippen LogP contribution in [-0.2, 0) is 4.74 Å². The quantitative estimate of drug-likeness (QED) is 0.795. The van der Waals surface area contributed by atoms with Crippen molar-refractivity contribution in [2.75, 3.05) is 13.1 Å². The molecular formula is C19H36N2O2. The average Bonchev–Trinajstić information content (AvgIpc) is 2.51. The number of ether oxygens (including phenoxy) is 1. The van der Waals surface area contributed by atoms with Crippen LogP contribution < -0.4 is 10.6 Å². The first kappa shape index (κ1) is 18.6. The number of nitrogens with one attached hydrogen (secondary N) is 2. The lowest BCUT2D eigenvalue weighted by Crippen LogP contribution is -2.46. The fourth-order valence-corrected chi connectivity index (χ4v) is 3.96. The summed E-state index contributed by atoms with van der Waals surface area (Å²) in [6.45, 7) is 7.61. The fraction of sp³-hybridized carbons (Fsp3) is 0.947. The number of hydrogen-bond acceptors (Lipinski definition) is 3. The van der Waals surface area contributed by atoms with Gasteiger partial charge in [-0.05, 0) is 64.8 Å². The third kappa shape index (κ3) is 7.11. The van der Waals surface area contributed by atoms with E-state index in [1.54, 1.807) is 0 Å². The maximum absolute atomic E-state index is 11.9. The molecule has 2 aliphatic carbocycles. The van der Waals surface area contributed by atoms with Crippen molar-refractivity contribution >= 4 is 6.09 Å². The summed E-state index contributed by atoms with van der Waals surface area (Å²) < 4.78 is 5.35. The molecule has 0 aliphatic heterocycles. The van der Waals surface area contributed by atoms with Crippen molar-refractivity contribution < 1.29 is 9.53 Å². The van der Waals surface area contributed by atoms with Crippen molar-refractivity contribution in [3.63, 3.8) is 0 Å². The van der Waals surface area contributed by atoms with E-state index < -0.39 is 5.60 Å². The molecule has 2 unspecified atom stereocenters. The molecule has 2 aliphatic rings. The molecule has 1 amide bonds. The number of carbonyl (C=O) groups excluding carboxylic acids is 1. The second-order valence-electron chi connectivity index (χ2n) is 8.45. The summed E-state index contributed by atoms with van der Waals surface area (Å²) in [5.41, 5.74) is -0.421. The molecule has 0 saturated heterocycles. The van der Waals surface area contributed by atoms with E-state index >= 15 is 0 Å². The predicted molar refractivity (Wildman–Crippen MR) is 94.6 cm³/mol. The van der Waals surface area contributed by atoms with Gasteiger partial charge in [-0.25, -0.2) is 4.79 Å². The summed E-state index contributed by atoms with van der Waals surface area (Å²) in [5.74, 6) is 1.41. The van der Waals surface area contributed by atoms with Gasteiger partial charge in [0.05, 0.1) is 0 Å². The Bertz CT molecular complexity index is 359. The molecule has 134 valence electrons. The molecule has 0 aromatic carbocycles. The summed E-state index contributed by atoms with van der Waals surface area (Å²) in [6.07, 6.45) is 11.8. The van der Waals surface area contributed by atoms with Gasteiger partial charge in [-0.1, -0.05) is 32.1 Å².